The molecule has 0 aliphatic heterocycles. The number of fused-ring (bicyclic) bond motifs is 18. The van der Waals surface area contributed by atoms with Crippen LogP contribution in [-0.2, 0) is 0 Å². The van der Waals surface area contributed by atoms with Crippen molar-refractivity contribution in [2.24, 2.45) is 0 Å². The van der Waals surface area contributed by atoms with Crippen LogP contribution < -0.4 is 0 Å². The summed E-state index contributed by atoms with van der Waals surface area (Å²) in [4.78, 5) is 29.8. The zero-order chi connectivity index (χ0) is 78.9. The van der Waals surface area contributed by atoms with Gasteiger partial charge in [-0.05, 0) is 164 Å². The molecule has 11 heteroatoms. The summed E-state index contributed by atoms with van der Waals surface area (Å²) in [6, 6.07) is 135. The highest BCUT2D eigenvalue weighted by molar-refractivity contribution is 6.18. The summed E-state index contributed by atoms with van der Waals surface area (Å²) in [5.41, 5.74) is 29.0. The van der Waals surface area contributed by atoms with Crippen LogP contribution in [0.1, 0.15) is 22.6 Å². The highest BCUT2D eigenvalue weighted by Crippen LogP contribution is 2.51. The normalized spacial score (nSPS) is 12.6. The summed E-state index contributed by atoms with van der Waals surface area (Å²) < 4.78 is 27.7. The van der Waals surface area contributed by atoms with Crippen molar-refractivity contribution in [1.82, 2.24) is 34.5 Å². The molecule has 25 rings (SSSR count). The van der Waals surface area contributed by atoms with Gasteiger partial charge in [-0.1, -0.05) is 285 Å². The Labute approximate surface area is 686 Å². The Morgan fingerprint density at radius 2 is 0.525 bits per heavy atom. The summed E-state index contributed by atoms with van der Waals surface area (Å²) in [5, 5.41) is 10.9. The molecule has 1 aliphatic rings. The Hall–Kier alpha value is -16.2. The van der Waals surface area contributed by atoms with Crippen LogP contribution in [0.3, 0.4) is 0 Å². The first-order valence-corrected chi connectivity index (χ1v) is 40.3. The number of benzene rings is 17. The van der Waals surface area contributed by atoms with Gasteiger partial charge in [0.05, 0.1) is 11.0 Å². The third-order valence-electron chi connectivity index (χ3n) is 23.6. The third kappa shape index (κ3) is 11.7. The summed E-state index contributed by atoms with van der Waals surface area (Å²) in [5.74, 6) is 3.92. The van der Waals surface area contributed by atoms with E-state index in [0.29, 0.717) is 34.9 Å². The number of hydrogen-bond acceptors (Lipinski definition) is 10. The molecule has 1 unspecified atom stereocenters. The van der Waals surface area contributed by atoms with Crippen LogP contribution >= 0.6 is 0 Å². The lowest BCUT2D eigenvalue weighted by Gasteiger charge is -2.16. The van der Waals surface area contributed by atoms with Crippen LogP contribution in [0.4, 0.5) is 0 Å². The smallest absolute Gasteiger partial charge is 0.164 e. The predicted octanol–water partition coefficient (Wildman–Crippen LogP) is 28.6. The van der Waals surface area contributed by atoms with E-state index < -0.39 is 0 Å². The molecule has 0 fully saturated rings. The molecule has 11 nitrogen and oxygen atoms in total. The van der Waals surface area contributed by atoms with E-state index in [0.717, 1.165) is 166 Å². The Balaban J connectivity index is 0.000000137. The maximum atomic E-state index is 6.42. The molecule has 1 aliphatic carbocycles. The molecule has 0 bridgehead atoms. The quantitative estimate of drug-likeness (QED) is 0.123. The number of hydrogen-bond donors (Lipinski definition) is 0. The fraction of sp³-hybridized carbons (Fsp3) is 0.00917. The van der Waals surface area contributed by atoms with Crippen molar-refractivity contribution in [3.05, 3.63) is 405 Å². The lowest BCUT2D eigenvalue weighted by atomic mass is 9.87. The molecule has 0 saturated heterocycles. The second-order valence-corrected chi connectivity index (χ2v) is 30.8. The third-order valence-corrected chi connectivity index (χ3v) is 23.6. The highest BCUT2D eigenvalue weighted by atomic mass is 16.3. The van der Waals surface area contributed by atoms with E-state index in [-0.39, 0.29) is 5.92 Å². The van der Waals surface area contributed by atoms with Crippen molar-refractivity contribution in [1.29, 1.82) is 0 Å². The molecule has 0 spiro atoms. The van der Waals surface area contributed by atoms with Crippen molar-refractivity contribution in [3.63, 3.8) is 0 Å². The molecule has 0 radical (unpaired) electrons. The van der Waals surface area contributed by atoms with Gasteiger partial charge in [0.25, 0.3) is 0 Å². The fourth-order valence-corrected chi connectivity index (χ4v) is 17.9. The van der Waals surface area contributed by atoms with Crippen LogP contribution in [-0.4, -0.2) is 34.5 Å². The number of rotatable bonds is 11. The monoisotopic (exact) mass is 1540 g/mol. The molecule has 120 heavy (non-hydrogen) atoms. The zero-order valence-electron chi connectivity index (χ0n) is 64.3. The van der Waals surface area contributed by atoms with Gasteiger partial charge in [0.15, 0.2) is 34.9 Å². The minimum absolute atomic E-state index is 0.0882. The summed E-state index contributed by atoms with van der Waals surface area (Å²) in [6.45, 7) is 0. The van der Waals surface area contributed by atoms with Crippen molar-refractivity contribution in [3.8, 4) is 119 Å². The number of aromatic nitrogens is 7. The standard InChI is InChI=1S/C58H35N3O2.C51H30N4O2/c1-3-13-35(14-4-1)56-59-57(36-15-5-2-6-16-36)61-58(60-56)42-20-12-18-38(30-42)37-17-11-19-41(29-37)55-45-23-8-7-21-43(45)47-31-39(25-27-46(47)55)40-26-28-52-48(32-40)50-34-53-49(33-54(50)63-52)44-22-9-10-24-51(44)62-53;1-3-12-31(13-4-1)49-52-50(32-14-5-2-6-15-32)54-51(53-49)35-16-11-17-36(26-35)55-43-20-9-7-18-37(43)39-27-33(22-24-44(39)55)34-23-25-46-40(28-34)42-30-47-41(29-48(42)57-46)38-19-8-10-21-45(38)56-47/h1-34,55H;1-30H. The fourth-order valence-electron chi connectivity index (χ4n) is 17.9. The first-order chi connectivity index (χ1) is 59.4. The van der Waals surface area contributed by atoms with E-state index in [1.165, 1.54) is 44.2 Å². The van der Waals surface area contributed by atoms with Crippen LogP contribution in [0.5, 0.6) is 0 Å². The summed E-state index contributed by atoms with van der Waals surface area (Å²) in [6.07, 6.45) is 0. The minimum atomic E-state index is 0.0882. The van der Waals surface area contributed by atoms with Gasteiger partial charge < -0.3 is 22.2 Å². The number of para-hydroxylation sites is 3. The van der Waals surface area contributed by atoms with E-state index in [2.05, 4.69) is 235 Å². The maximum Gasteiger partial charge on any atom is 0.164 e. The Morgan fingerprint density at radius 3 is 1.06 bits per heavy atom. The molecule has 1 atom stereocenters. The average molecular weight is 1540 g/mol. The van der Waals surface area contributed by atoms with Crippen molar-refractivity contribution >= 4 is 110 Å². The van der Waals surface area contributed by atoms with Crippen LogP contribution in [0.25, 0.3) is 228 Å². The van der Waals surface area contributed by atoms with Gasteiger partial charge in [-0.15, -0.1) is 0 Å². The molecule has 7 aromatic heterocycles. The van der Waals surface area contributed by atoms with Gasteiger partial charge in [-0.3, -0.25) is 0 Å². The first kappa shape index (κ1) is 68.2. The first-order valence-electron chi connectivity index (χ1n) is 40.3. The molecule has 17 aromatic carbocycles. The minimum Gasteiger partial charge on any atom is -0.456 e. The Morgan fingerprint density at radius 1 is 0.183 bits per heavy atom. The second-order valence-electron chi connectivity index (χ2n) is 30.8. The topological polar surface area (TPSA) is 135 Å². The lowest BCUT2D eigenvalue weighted by Crippen LogP contribution is -2.01. The van der Waals surface area contributed by atoms with Gasteiger partial charge >= 0.3 is 0 Å². The van der Waals surface area contributed by atoms with E-state index >= 15 is 0 Å². The van der Waals surface area contributed by atoms with Gasteiger partial charge in [0.2, 0.25) is 0 Å². The average Bonchev–Trinajstić information content (AvgIpc) is 1.59. The molecule has 560 valence electrons. The molecule has 0 N–H and O–H groups in total. The van der Waals surface area contributed by atoms with Gasteiger partial charge in [-0.2, -0.15) is 0 Å². The lowest BCUT2D eigenvalue weighted by molar-refractivity contribution is 0.664. The highest BCUT2D eigenvalue weighted by Gasteiger charge is 2.31. The maximum absolute atomic E-state index is 6.42. The molecule has 0 saturated carbocycles. The van der Waals surface area contributed by atoms with Crippen LogP contribution in [0, 0.1) is 0 Å². The summed E-state index contributed by atoms with van der Waals surface area (Å²) >= 11 is 0. The molecule has 24 aromatic rings. The van der Waals surface area contributed by atoms with E-state index in [4.69, 9.17) is 47.6 Å². The number of furan rings is 4. The second kappa shape index (κ2) is 27.8. The largest absolute Gasteiger partial charge is 0.456 e. The van der Waals surface area contributed by atoms with E-state index in [9.17, 15) is 0 Å². The van der Waals surface area contributed by atoms with Crippen LogP contribution in [0.2, 0.25) is 0 Å². The molecule has 7 heterocycles. The van der Waals surface area contributed by atoms with Gasteiger partial charge in [0, 0.05) is 98.8 Å². The van der Waals surface area contributed by atoms with Crippen molar-refractivity contribution in [2.45, 2.75) is 5.92 Å². The van der Waals surface area contributed by atoms with Gasteiger partial charge in [-0.25, -0.2) is 29.9 Å². The van der Waals surface area contributed by atoms with Crippen molar-refractivity contribution < 1.29 is 17.7 Å². The van der Waals surface area contributed by atoms with Crippen molar-refractivity contribution in [2.75, 3.05) is 0 Å². The zero-order valence-corrected chi connectivity index (χ0v) is 64.3. The molecule has 0 amide bonds. The number of nitrogens with zero attached hydrogens (tertiary/aromatic N) is 7. The van der Waals surface area contributed by atoms with E-state index in [1.807, 2.05) is 158 Å². The Bertz CT molecular complexity index is 8130. The molecular formula is C109H65N7O4. The van der Waals surface area contributed by atoms with Gasteiger partial charge in [0.1, 0.15) is 44.7 Å². The molecular weight excluding hydrogens is 1470 g/mol. The van der Waals surface area contributed by atoms with Crippen LogP contribution in [0.15, 0.2) is 406 Å². The SMILES string of the molecule is c1ccc(-c2nc(-c3ccccc3)nc(-c3cccc(-c4cccc(C5c6ccccc6-c6cc(-c7ccc8oc9cc%10c(cc9c8c7)oc7ccccc7%10)ccc65)c4)c3)n2)cc1.c1ccc(-c2nc(-c3ccccc3)nc(-c3cccc(-n4c5ccccc5c5cc(-c6ccc7oc8cc9c(cc8c7c6)oc6ccccc69)ccc54)c3)n2)cc1. The summed E-state index contributed by atoms with van der Waals surface area (Å²) in [7, 11) is 0. The Kier molecular flexibility index (Phi) is 15.8. The van der Waals surface area contributed by atoms with E-state index in [1.54, 1.807) is 0 Å². The predicted molar refractivity (Wildman–Crippen MR) is 485 cm³/mol.